The number of ether oxygens (including phenoxy) is 1. The minimum atomic E-state index is -3.34. The van der Waals surface area contributed by atoms with E-state index in [0.29, 0.717) is 38.8 Å². The molecule has 2 N–H and O–H groups in total. The van der Waals surface area contributed by atoms with E-state index in [1.165, 1.54) is 4.31 Å². The lowest BCUT2D eigenvalue weighted by Crippen LogP contribution is -2.42. The van der Waals surface area contributed by atoms with Crippen LogP contribution < -0.4 is 14.9 Å². The first-order valence-electron chi connectivity index (χ1n) is 8.19. The van der Waals surface area contributed by atoms with Gasteiger partial charge in [-0.25, -0.2) is 8.42 Å². The number of nitrogens with one attached hydrogen (secondary N) is 2. The van der Waals surface area contributed by atoms with Crippen LogP contribution in [0.4, 0.5) is 5.69 Å². The molecule has 0 spiro atoms. The van der Waals surface area contributed by atoms with Gasteiger partial charge in [-0.2, -0.15) is 0 Å². The van der Waals surface area contributed by atoms with Gasteiger partial charge in [0.25, 0.3) is 0 Å². The lowest BCUT2D eigenvalue weighted by molar-refractivity contribution is 0.152. The van der Waals surface area contributed by atoms with Gasteiger partial charge < -0.3 is 15.4 Å². The average molecular weight is 482 g/mol. The van der Waals surface area contributed by atoms with Crippen LogP contribution in [-0.2, 0) is 21.2 Å². The third kappa shape index (κ3) is 6.30. The Morgan fingerprint density at radius 1 is 1.28 bits per heavy atom. The van der Waals surface area contributed by atoms with Crippen molar-refractivity contribution in [3.05, 3.63) is 29.8 Å². The number of sulfonamides is 1. The zero-order valence-electron chi connectivity index (χ0n) is 14.7. The monoisotopic (exact) mass is 482 g/mol. The SMILES string of the molecule is CCOCCNC(=NC)NCCS(=O)(=O)N1CCc2ccccc21.I. The van der Waals surface area contributed by atoms with Crippen LogP contribution in [0, 0.1) is 0 Å². The van der Waals surface area contributed by atoms with Crippen molar-refractivity contribution < 1.29 is 13.2 Å². The Morgan fingerprint density at radius 2 is 2.00 bits per heavy atom. The Morgan fingerprint density at radius 3 is 2.72 bits per heavy atom. The zero-order chi connectivity index (χ0) is 17.4. The molecule has 0 aromatic heterocycles. The van der Waals surface area contributed by atoms with Crippen molar-refractivity contribution >= 4 is 45.6 Å². The normalized spacial score (nSPS) is 14.0. The molecule has 0 unspecified atom stereocenters. The Labute approximate surface area is 167 Å². The predicted octanol–water partition coefficient (Wildman–Crippen LogP) is 1.20. The molecule has 25 heavy (non-hydrogen) atoms. The molecule has 2 rings (SSSR count). The number of aliphatic imine (C=N–C) groups is 1. The Hall–Kier alpha value is -1.07. The van der Waals surface area contributed by atoms with E-state index in [0.717, 1.165) is 17.7 Å². The van der Waals surface area contributed by atoms with Crippen molar-refractivity contribution in [1.29, 1.82) is 0 Å². The fourth-order valence-corrected chi connectivity index (χ4v) is 4.04. The predicted molar refractivity (Wildman–Crippen MR) is 113 cm³/mol. The molecule has 142 valence electrons. The van der Waals surface area contributed by atoms with E-state index >= 15 is 0 Å². The first-order chi connectivity index (χ1) is 11.6. The summed E-state index contributed by atoms with van der Waals surface area (Å²) in [6, 6.07) is 7.65. The third-order valence-corrected chi connectivity index (χ3v) is 5.57. The molecule has 7 nitrogen and oxygen atoms in total. The molecule has 0 atom stereocenters. The van der Waals surface area contributed by atoms with E-state index < -0.39 is 10.0 Å². The summed E-state index contributed by atoms with van der Waals surface area (Å²) < 4.78 is 31.9. The van der Waals surface area contributed by atoms with Crippen molar-refractivity contribution in [3.8, 4) is 0 Å². The number of fused-ring (bicyclic) bond motifs is 1. The molecule has 0 aliphatic carbocycles. The van der Waals surface area contributed by atoms with Crippen molar-refractivity contribution in [3.63, 3.8) is 0 Å². The van der Waals surface area contributed by atoms with E-state index in [-0.39, 0.29) is 29.7 Å². The van der Waals surface area contributed by atoms with Crippen LogP contribution in [0.5, 0.6) is 0 Å². The van der Waals surface area contributed by atoms with Crippen molar-refractivity contribution in [2.75, 3.05) is 50.0 Å². The summed E-state index contributed by atoms with van der Waals surface area (Å²) in [6.45, 7) is 4.63. The number of halogens is 1. The van der Waals surface area contributed by atoms with Crippen LogP contribution >= 0.6 is 24.0 Å². The second-order valence-corrected chi connectivity index (χ2v) is 7.40. The molecule has 1 aliphatic heterocycles. The van der Waals surface area contributed by atoms with E-state index in [1.807, 2.05) is 31.2 Å². The van der Waals surface area contributed by atoms with Gasteiger partial charge in [0.15, 0.2) is 5.96 Å². The zero-order valence-corrected chi connectivity index (χ0v) is 17.8. The maximum Gasteiger partial charge on any atom is 0.236 e. The maximum atomic E-state index is 12.6. The standard InChI is InChI=1S/C16H26N4O3S.HI/c1-3-23-12-9-18-16(17-2)19-10-13-24(21,22)20-11-8-14-6-4-5-7-15(14)20;/h4-7H,3,8-13H2,1-2H3,(H2,17,18,19);1H. The first-order valence-corrected chi connectivity index (χ1v) is 9.80. The highest BCUT2D eigenvalue weighted by Crippen LogP contribution is 2.29. The summed E-state index contributed by atoms with van der Waals surface area (Å²) in [5.74, 6) is 0.597. The van der Waals surface area contributed by atoms with Gasteiger partial charge in [0.05, 0.1) is 18.0 Å². The fourth-order valence-electron chi connectivity index (χ4n) is 2.61. The van der Waals surface area contributed by atoms with E-state index in [2.05, 4.69) is 15.6 Å². The molecule has 0 bridgehead atoms. The number of hydrogen-bond donors (Lipinski definition) is 2. The molecule has 0 radical (unpaired) electrons. The molecular formula is C16H27IN4O3S. The van der Waals surface area contributed by atoms with Crippen LogP contribution in [0.1, 0.15) is 12.5 Å². The first kappa shape index (κ1) is 22.0. The Bertz CT molecular complexity index is 667. The smallest absolute Gasteiger partial charge is 0.236 e. The largest absolute Gasteiger partial charge is 0.380 e. The van der Waals surface area contributed by atoms with Gasteiger partial charge in [-0.3, -0.25) is 9.30 Å². The highest BCUT2D eigenvalue weighted by molar-refractivity contribution is 14.0. The van der Waals surface area contributed by atoms with Gasteiger partial charge in [-0.05, 0) is 25.0 Å². The van der Waals surface area contributed by atoms with E-state index in [9.17, 15) is 8.42 Å². The molecule has 0 saturated carbocycles. The van der Waals surface area contributed by atoms with Crippen LogP contribution in [0.25, 0.3) is 0 Å². The van der Waals surface area contributed by atoms with Gasteiger partial charge in [-0.15, -0.1) is 24.0 Å². The quantitative estimate of drug-likeness (QED) is 0.252. The summed E-state index contributed by atoms with van der Waals surface area (Å²) in [5.41, 5.74) is 1.89. The molecule has 0 amide bonds. The Balaban J connectivity index is 0.00000312. The molecule has 1 aliphatic rings. The molecular weight excluding hydrogens is 455 g/mol. The summed E-state index contributed by atoms with van der Waals surface area (Å²) in [6.07, 6.45) is 0.767. The van der Waals surface area contributed by atoms with E-state index in [4.69, 9.17) is 4.74 Å². The van der Waals surface area contributed by atoms with Crippen LogP contribution in [-0.4, -0.2) is 60.0 Å². The summed E-state index contributed by atoms with van der Waals surface area (Å²) in [5, 5.41) is 6.11. The van der Waals surface area contributed by atoms with Gasteiger partial charge in [0.1, 0.15) is 0 Å². The third-order valence-electron chi connectivity index (χ3n) is 3.80. The summed E-state index contributed by atoms with van der Waals surface area (Å²) in [7, 11) is -1.69. The summed E-state index contributed by atoms with van der Waals surface area (Å²) >= 11 is 0. The minimum absolute atomic E-state index is 0. The fraction of sp³-hybridized carbons (Fsp3) is 0.562. The topological polar surface area (TPSA) is 83.0 Å². The van der Waals surface area contributed by atoms with Gasteiger partial charge >= 0.3 is 0 Å². The lowest BCUT2D eigenvalue weighted by atomic mass is 10.2. The van der Waals surface area contributed by atoms with Crippen molar-refractivity contribution in [2.24, 2.45) is 4.99 Å². The average Bonchev–Trinajstić information content (AvgIpc) is 3.02. The summed E-state index contributed by atoms with van der Waals surface area (Å²) in [4.78, 5) is 4.07. The van der Waals surface area contributed by atoms with Crippen LogP contribution in [0.15, 0.2) is 29.3 Å². The number of nitrogens with zero attached hydrogens (tertiary/aromatic N) is 2. The molecule has 1 aromatic rings. The maximum absolute atomic E-state index is 12.6. The van der Waals surface area contributed by atoms with Gasteiger partial charge in [0.2, 0.25) is 10.0 Å². The van der Waals surface area contributed by atoms with Gasteiger partial charge in [-0.1, -0.05) is 18.2 Å². The van der Waals surface area contributed by atoms with Crippen LogP contribution in [0.3, 0.4) is 0 Å². The number of guanidine groups is 1. The number of para-hydroxylation sites is 1. The second-order valence-electron chi connectivity index (χ2n) is 5.39. The van der Waals surface area contributed by atoms with E-state index in [1.54, 1.807) is 7.05 Å². The highest BCUT2D eigenvalue weighted by atomic mass is 127. The van der Waals surface area contributed by atoms with Gasteiger partial charge in [0, 0.05) is 33.3 Å². The van der Waals surface area contributed by atoms with Crippen molar-refractivity contribution in [1.82, 2.24) is 10.6 Å². The second kappa shape index (κ2) is 10.8. The molecule has 1 aromatic carbocycles. The number of hydrogen-bond acceptors (Lipinski definition) is 4. The lowest BCUT2D eigenvalue weighted by Gasteiger charge is -2.20. The minimum Gasteiger partial charge on any atom is -0.380 e. The highest BCUT2D eigenvalue weighted by Gasteiger charge is 2.28. The van der Waals surface area contributed by atoms with Crippen molar-refractivity contribution in [2.45, 2.75) is 13.3 Å². The van der Waals surface area contributed by atoms with Crippen LogP contribution in [0.2, 0.25) is 0 Å². The molecule has 9 heteroatoms. The molecule has 0 saturated heterocycles. The Kier molecular flexibility index (Phi) is 9.51. The number of anilines is 1. The number of benzene rings is 1. The number of rotatable bonds is 8. The molecule has 0 fully saturated rings. The molecule has 1 heterocycles.